The van der Waals surface area contributed by atoms with Crippen LogP contribution in [0.25, 0.3) is 0 Å². The summed E-state index contributed by atoms with van der Waals surface area (Å²) in [5.74, 6) is 0.0630. The van der Waals surface area contributed by atoms with E-state index in [0.29, 0.717) is 11.8 Å². The number of nitrogens with zero attached hydrogens (tertiary/aromatic N) is 2. The molecular formula is C16H37B10N5O2. The van der Waals surface area contributed by atoms with Gasteiger partial charge in [-0.2, -0.15) is 4.98 Å². The third-order valence-electron chi connectivity index (χ3n) is 9.37. The maximum Gasteiger partial charge on any atom is 0.254 e. The van der Waals surface area contributed by atoms with Crippen molar-refractivity contribution in [2.75, 3.05) is 10.6 Å². The summed E-state index contributed by atoms with van der Waals surface area (Å²) in [6.07, 6.45) is 1.47. The van der Waals surface area contributed by atoms with Gasteiger partial charge in [0.25, 0.3) is 5.91 Å². The van der Waals surface area contributed by atoms with Gasteiger partial charge in [-0.3, -0.25) is 4.79 Å². The van der Waals surface area contributed by atoms with E-state index in [1.54, 1.807) is 0 Å². The fourth-order valence-electron chi connectivity index (χ4n) is 6.29. The Bertz CT molecular complexity index is 933. The summed E-state index contributed by atoms with van der Waals surface area (Å²) in [7, 11) is 21.8. The second-order valence-electron chi connectivity index (χ2n) is 13.5. The number of hydrogen-bond donors (Lipinski definition) is 4. The van der Waals surface area contributed by atoms with E-state index in [0.717, 1.165) is 0 Å². The molecule has 1 heterocycles. The minimum atomic E-state index is -1.01. The Morgan fingerprint density at radius 1 is 1.12 bits per heavy atom. The van der Waals surface area contributed by atoms with Crippen LogP contribution in [0.2, 0.25) is 26.7 Å². The van der Waals surface area contributed by atoms with Crippen LogP contribution in [0.1, 0.15) is 31.1 Å². The minimum absolute atomic E-state index is 0.153. The molecule has 1 aromatic rings. The van der Waals surface area contributed by atoms with E-state index in [9.17, 15) is 9.90 Å². The lowest BCUT2D eigenvalue weighted by Gasteiger charge is -2.74. The van der Waals surface area contributed by atoms with E-state index in [2.05, 4.69) is 91.2 Å². The summed E-state index contributed by atoms with van der Waals surface area (Å²) in [6.45, 7) is 6.06. The average Bonchev–Trinajstić information content (AvgIpc) is 2.60. The number of nitrogens with one attached hydrogen (secondary N) is 2. The van der Waals surface area contributed by atoms with E-state index >= 15 is 0 Å². The molecule has 7 nitrogen and oxygen atoms in total. The molecule has 17 heteroatoms. The van der Waals surface area contributed by atoms with Gasteiger partial charge in [0.2, 0.25) is 5.95 Å². The summed E-state index contributed by atoms with van der Waals surface area (Å²) in [4.78, 5) is 21.2. The van der Waals surface area contributed by atoms with Gasteiger partial charge in [-0.05, 0) is 26.6 Å². The molecule has 33 heavy (non-hydrogen) atoms. The number of anilines is 2. The lowest BCUT2D eigenvalue weighted by molar-refractivity contribution is 0.0231. The Morgan fingerprint density at radius 2 is 1.64 bits per heavy atom. The Morgan fingerprint density at radius 3 is 2.06 bits per heavy atom. The number of rotatable bonds is 5. The van der Waals surface area contributed by atoms with E-state index < -0.39 is 16.7 Å². The van der Waals surface area contributed by atoms with Crippen LogP contribution in [-0.2, 0) is 0 Å². The molecule has 0 spiro atoms. The van der Waals surface area contributed by atoms with Crippen molar-refractivity contribution in [3.63, 3.8) is 0 Å². The van der Waals surface area contributed by atoms with E-state index in [-0.39, 0.29) is 38.5 Å². The zero-order valence-electron chi connectivity index (χ0n) is 23.1. The second kappa shape index (κ2) is 8.17. The number of carbonyl (C=O) groups excluding carboxylic acids is 1. The molecule has 0 saturated heterocycles. The standard InChI is InChI=1S/C16H37B10N5O2/c1-11(2,3)31-10-28-4-5(8(27)32)9(30-10)29-7-6(17)13(20,33)14(21,16(24,25)26)15(22,23)12(7,18)19/h4,6-7,33H,17-26H2,1-3H3,(H2,27,32)(H2,28,29,30,31). The maximum absolute atomic E-state index is 12.2. The summed E-state index contributed by atoms with van der Waals surface area (Å²) in [6, 6.07) is -0.187. The van der Waals surface area contributed by atoms with Crippen molar-refractivity contribution in [2.24, 2.45) is 5.73 Å². The number of amides is 1. The van der Waals surface area contributed by atoms with Crippen LogP contribution in [0, 0.1) is 0 Å². The van der Waals surface area contributed by atoms with Crippen molar-refractivity contribution >= 4 is 96.1 Å². The van der Waals surface area contributed by atoms with Crippen LogP contribution in [-0.4, -0.2) is 117 Å². The molecule has 1 aromatic heterocycles. The molecule has 4 atom stereocenters. The minimum Gasteiger partial charge on any atom is -0.400 e. The molecule has 5 N–H and O–H groups in total. The van der Waals surface area contributed by atoms with Gasteiger partial charge in [0.05, 0.1) is 44.8 Å². The van der Waals surface area contributed by atoms with Crippen molar-refractivity contribution in [3.05, 3.63) is 11.8 Å². The largest absolute Gasteiger partial charge is 0.400 e. The van der Waals surface area contributed by atoms with Crippen LogP contribution < -0.4 is 16.4 Å². The predicted molar refractivity (Wildman–Crippen MR) is 166 cm³/mol. The predicted octanol–water partition coefficient (Wildman–Crippen LogP) is -8.15. The van der Waals surface area contributed by atoms with Gasteiger partial charge < -0.3 is 21.5 Å². The van der Waals surface area contributed by atoms with Crippen LogP contribution in [0.3, 0.4) is 0 Å². The molecule has 4 unspecified atom stereocenters. The number of carbonyl (C=O) groups is 1. The topological polar surface area (TPSA) is 113 Å². The molecule has 1 amide bonds. The number of aromatic nitrogens is 2. The molecule has 0 aromatic carbocycles. The summed E-state index contributed by atoms with van der Waals surface area (Å²) in [5, 5.41) is 17.8. The molecule has 0 aliphatic heterocycles. The lowest BCUT2D eigenvalue weighted by Crippen LogP contribution is -2.71. The van der Waals surface area contributed by atoms with E-state index in [1.165, 1.54) is 6.20 Å². The van der Waals surface area contributed by atoms with Crippen molar-refractivity contribution in [2.45, 2.75) is 64.5 Å². The first-order valence-electron chi connectivity index (χ1n) is 12.0. The van der Waals surface area contributed by atoms with E-state index in [1.807, 2.05) is 28.6 Å². The molecule has 1 aliphatic carbocycles. The highest BCUT2D eigenvalue weighted by atomic mass is 16.3. The summed E-state index contributed by atoms with van der Waals surface area (Å²) in [5.41, 5.74) is 4.66. The van der Waals surface area contributed by atoms with E-state index in [4.69, 9.17) is 5.73 Å². The molecule has 168 valence electrons. The quantitative estimate of drug-likeness (QED) is 0.339. The van der Waals surface area contributed by atoms with Crippen molar-refractivity contribution in [3.8, 4) is 0 Å². The van der Waals surface area contributed by atoms with Crippen molar-refractivity contribution < 1.29 is 9.90 Å². The molecular weight excluding hydrogens is 402 g/mol. The fourth-order valence-corrected chi connectivity index (χ4v) is 6.29. The first kappa shape index (κ1) is 28.0. The van der Waals surface area contributed by atoms with Gasteiger partial charge in [0, 0.05) is 23.3 Å². The van der Waals surface area contributed by atoms with Crippen LogP contribution in [0.15, 0.2) is 6.20 Å². The van der Waals surface area contributed by atoms with Gasteiger partial charge in [0.15, 0.2) is 0 Å². The summed E-state index contributed by atoms with van der Waals surface area (Å²) < 4.78 is 0. The monoisotopic (exact) mass is 441 g/mol. The Balaban J connectivity index is 2.67. The Labute approximate surface area is 208 Å². The fraction of sp³-hybridized carbons (Fsp3) is 0.688. The number of hydrogen-bond acceptors (Lipinski definition) is 6. The zero-order chi connectivity index (χ0) is 26.0. The number of primary amides is 1. The molecule has 0 bridgehead atoms. The third kappa shape index (κ3) is 4.32. The lowest BCUT2D eigenvalue weighted by atomic mass is 9.05. The average molecular weight is 440 g/mol. The molecule has 0 radical (unpaired) electrons. The Hall–Kier alpha value is -1.24. The first-order valence-corrected chi connectivity index (χ1v) is 12.0. The SMILES string of the molecule is BC1C(Nc2nc(NC(C)(C)C)ncc2C(N)=O)C(B)(B)C(B)(B)C(B)(C(B)(B)B)C1(B)O. The third-order valence-corrected chi connectivity index (χ3v) is 9.37. The number of aliphatic hydroxyl groups is 1. The van der Waals surface area contributed by atoms with Crippen molar-refractivity contribution in [1.82, 2.24) is 9.97 Å². The van der Waals surface area contributed by atoms with Gasteiger partial charge >= 0.3 is 0 Å². The van der Waals surface area contributed by atoms with Crippen LogP contribution in [0.5, 0.6) is 0 Å². The summed E-state index contributed by atoms with van der Waals surface area (Å²) >= 11 is 0. The molecule has 1 aliphatic rings. The first-order chi connectivity index (χ1) is 14.5. The number of nitrogens with two attached hydrogens (primary N) is 1. The normalized spacial score (nSPS) is 31.4. The van der Waals surface area contributed by atoms with Crippen LogP contribution in [0.4, 0.5) is 11.8 Å². The highest BCUT2D eigenvalue weighted by Crippen LogP contribution is 2.76. The molecule has 2 rings (SSSR count). The maximum atomic E-state index is 12.2. The van der Waals surface area contributed by atoms with Gasteiger partial charge in [-0.1, -0.05) is 15.7 Å². The van der Waals surface area contributed by atoms with Gasteiger partial charge in [0.1, 0.15) is 45.0 Å². The zero-order valence-corrected chi connectivity index (χ0v) is 23.1. The highest BCUT2D eigenvalue weighted by molar-refractivity contribution is 6.68. The second-order valence-corrected chi connectivity index (χ2v) is 13.5. The van der Waals surface area contributed by atoms with Gasteiger partial charge in [-0.15, -0.1) is 5.11 Å². The van der Waals surface area contributed by atoms with Crippen molar-refractivity contribution in [1.29, 1.82) is 0 Å². The smallest absolute Gasteiger partial charge is 0.254 e. The van der Waals surface area contributed by atoms with Gasteiger partial charge in [-0.25, -0.2) is 4.98 Å². The Kier molecular flexibility index (Phi) is 6.93. The van der Waals surface area contributed by atoms with Crippen LogP contribution >= 0.6 is 0 Å². The molecule has 1 fully saturated rings. The molecule has 1 saturated carbocycles. The highest BCUT2D eigenvalue weighted by Gasteiger charge is 2.69.